The number of aromatic amines is 1. The molecule has 0 bridgehead atoms. The predicted molar refractivity (Wildman–Crippen MR) is 174 cm³/mol. The number of hydrogen-bond acceptors (Lipinski definition) is 6. The molecule has 7 rings (SSSR count). The lowest BCUT2D eigenvalue weighted by atomic mass is 9.83. The lowest BCUT2D eigenvalue weighted by Gasteiger charge is -2.46. The monoisotopic (exact) mass is 664 g/mol. The average Bonchev–Trinajstić information content (AvgIpc) is 3.61. The zero-order valence-electron chi connectivity index (χ0n) is 25.1. The molecule has 3 fully saturated rings. The van der Waals surface area contributed by atoms with Crippen molar-refractivity contribution in [2.45, 2.75) is 63.6 Å². The number of H-pyrrole nitrogens is 1. The Labute approximate surface area is 273 Å². The molecule has 0 saturated carbocycles. The summed E-state index contributed by atoms with van der Waals surface area (Å²) in [5.74, 6) is 0.211. The lowest BCUT2D eigenvalue weighted by Crippen LogP contribution is -2.52. The molecule has 0 unspecified atom stereocenters. The molecule has 4 aromatic rings. The van der Waals surface area contributed by atoms with Crippen LogP contribution in [0.5, 0.6) is 11.6 Å². The fraction of sp³-hybridized carbons (Fsp3) is 0.485. The van der Waals surface area contributed by atoms with Crippen LogP contribution in [0.1, 0.15) is 50.5 Å². The summed E-state index contributed by atoms with van der Waals surface area (Å²) in [5, 5.41) is 3.96. The largest absolute Gasteiger partial charge is 0.488 e. The smallest absolute Gasteiger partial charge is 0.414 e. The number of likely N-dealkylation sites (tertiary alicyclic amines) is 1. The summed E-state index contributed by atoms with van der Waals surface area (Å²) in [6.45, 7) is 5.72. The fourth-order valence-corrected chi connectivity index (χ4v) is 7.37. The van der Waals surface area contributed by atoms with Crippen LogP contribution in [0.2, 0.25) is 0 Å². The number of aromatic nitrogens is 1. The highest BCUT2D eigenvalue weighted by Gasteiger charge is 2.34. The van der Waals surface area contributed by atoms with Crippen LogP contribution in [0.25, 0.3) is 21.9 Å². The molecule has 0 spiro atoms. The number of piperidine rings is 3. The summed E-state index contributed by atoms with van der Waals surface area (Å²) >= 11 is 0. The van der Waals surface area contributed by atoms with Crippen LogP contribution in [0.15, 0.2) is 47.1 Å². The number of rotatable bonds is 7. The highest BCUT2D eigenvalue weighted by molar-refractivity contribution is 5.88. The summed E-state index contributed by atoms with van der Waals surface area (Å²) in [5.41, 5.74) is 1.33. The number of amides is 1. The van der Waals surface area contributed by atoms with E-state index in [1.165, 1.54) is 58.0 Å². The third-order valence-corrected chi connectivity index (χ3v) is 9.48. The first-order chi connectivity index (χ1) is 21.0. The van der Waals surface area contributed by atoms with E-state index in [0.717, 1.165) is 60.9 Å². The van der Waals surface area contributed by atoms with Crippen LogP contribution < -0.4 is 14.8 Å². The molecular weight excluding hydrogens is 625 g/mol. The Morgan fingerprint density at radius 1 is 1.00 bits per heavy atom. The number of ether oxygens (including phenoxy) is 2. The number of carbonyl (C=O) groups is 1. The first kappa shape index (κ1) is 33.3. The molecule has 2 aromatic heterocycles. The number of halogens is 4. The molecule has 45 heavy (non-hydrogen) atoms. The fourth-order valence-electron chi connectivity index (χ4n) is 7.37. The Balaban J connectivity index is 0.00000200. The van der Waals surface area contributed by atoms with Crippen LogP contribution in [-0.4, -0.2) is 65.7 Å². The zero-order valence-corrected chi connectivity index (χ0v) is 26.7. The Kier molecular flexibility index (Phi) is 10.8. The van der Waals surface area contributed by atoms with Crippen molar-refractivity contribution in [1.29, 1.82) is 0 Å². The lowest BCUT2D eigenvalue weighted by molar-refractivity contribution is 0.0353. The van der Waals surface area contributed by atoms with Gasteiger partial charge >= 0.3 is 6.09 Å². The summed E-state index contributed by atoms with van der Waals surface area (Å²) in [7, 11) is 0. The van der Waals surface area contributed by atoms with E-state index < -0.39 is 17.7 Å². The van der Waals surface area contributed by atoms with Gasteiger partial charge in [-0.3, -0.25) is 0 Å². The first-order valence-corrected chi connectivity index (χ1v) is 15.5. The van der Waals surface area contributed by atoms with Gasteiger partial charge in [-0.2, -0.15) is 0 Å². The minimum atomic E-state index is -0.699. The topological polar surface area (TPSA) is 83.0 Å². The van der Waals surface area contributed by atoms with Crippen molar-refractivity contribution in [3.63, 3.8) is 0 Å². The quantitative estimate of drug-likeness (QED) is 0.214. The van der Waals surface area contributed by atoms with Gasteiger partial charge in [-0.25, -0.2) is 13.6 Å². The number of hydrogen-bond donors (Lipinski definition) is 2. The Morgan fingerprint density at radius 3 is 2.67 bits per heavy atom. The second kappa shape index (κ2) is 14.6. The molecule has 0 radical (unpaired) electrons. The van der Waals surface area contributed by atoms with Crippen molar-refractivity contribution in [1.82, 2.24) is 20.1 Å². The van der Waals surface area contributed by atoms with Gasteiger partial charge in [0.25, 0.3) is 0 Å². The van der Waals surface area contributed by atoms with Crippen molar-refractivity contribution in [3.8, 4) is 11.6 Å². The number of carbonyl (C=O) groups excluding carboxylic acids is 1. The van der Waals surface area contributed by atoms with Gasteiger partial charge in [-0.15, -0.1) is 24.8 Å². The van der Waals surface area contributed by atoms with Crippen LogP contribution in [0.3, 0.4) is 0 Å². The molecule has 3 aliphatic rings. The van der Waals surface area contributed by atoms with Gasteiger partial charge in [0.1, 0.15) is 29.6 Å². The van der Waals surface area contributed by atoms with E-state index in [1.54, 1.807) is 12.1 Å². The van der Waals surface area contributed by atoms with E-state index in [-0.39, 0.29) is 48.4 Å². The summed E-state index contributed by atoms with van der Waals surface area (Å²) in [4.78, 5) is 21.2. The molecule has 244 valence electrons. The molecule has 2 aromatic carbocycles. The SMILES string of the molecule is Cl.Cl.O=C(NC1CCN(C[C@@H]2CCCN3CCCC[C@H]23)CC1)Oc1cc2c(OCc3coc4cc(F)cc(F)c34)cccc2[nH]1. The molecule has 0 aliphatic carbocycles. The third kappa shape index (κ3) is 7.35. The predicted octanol–water partition coefficient (Wildman–Crippen LogP) is 7.43. The van der Waals surface area contributed by atoms with Crippen LogP contribution >= 0.6 is 24.8 Å². The van der Waals surface area contributed by atoms with Gasteiger partial charge in [0.2, 0.25) is 5.88 Å². The molecule has 2 N–H and O–H groups in total. The standard InChI is InChI=1S/C33H38F2N4O4.2ClH/c34-23-15-26(35)32-22(20-42-30(32)16-23)19-41-29-8-3-6-27-25(29)17-31(37-27)43-33(40)36-24-9-13-38(14-10-24)18-21-5-4-12-39-11-2-1-7-28(21)39;;/h3,6,8,15-17,20-21,24,28,37H,1-2,4-5,7,9-14,18-19H2,(H,36,40);2*1H/t21-,28+;;/m0../s1. The van der Waals surface area contributed by atoms with E-state index in [4.69, 9.17) is 13.9 Å². The summed E-state index contributed by atoms with van der Waals surface area (Å²) in [6, 6.07) is 9.99. The normalized spacial score (nSPS) is 21.1. The second-order valence-electron chi connectivity index (χ2n) is 12.3. The Morgan fingerprint density at radius 2 is 1.82 bits per heavy atom. The van der Waals surface area contributed by atoms with Crippen molar-refractivity contribution in [2.24, 2.45) is 5.92 Å². The van der Waals surface area contributed by atoms with Crippen molar-refractivity contribution in [2.75, 3.05) is 32.7 Å². The number of nitrogens with one attached hydrogen (secondary N) is 2. The minimum absolute atomic E-state index is 0. The molecule has 2 atom stereocenters. The van der Waals surface area contributed by atoms with Crippen LogP contribution in [0.4, 0.5) is 13.6 Å². The molecule has 5 heterocycles. The van der Waals surface area contributed by atoms with Gasteiger partial charge in [-0.1, -0.05) is 12.5 Å². The van der Waals surface area contributed by atoms with Gasteiger partial charge < -0.3 is 34.0 Å². The number of furan rings is 1. The van der Waals surface area contributed by atoms with E-state index in [9.17, 15) is 13.6 Å². The average molecular weight is 666 g/mol. The Hall–Kier alpha value is -3.05. The maximum Gasteiger partial charge on any atom is 0.414 e. The van der Waals surface area contributed by atoms with Gasteiger partial charge in [0, 0.05) is 60.9 Å². The van der Waals surface area contributed by atoms with Crippen LogP contribution in [-0.2, 0) is 6.61 Å². The zero-order chi connectivity index (χ0) is 29.3. The van der Waals surface area contributed by atoms with E-state index in [2.05, 4.69) is 20.1 Å². The highest BCUT2D eigenvalue weighted by Crippen LogP contribution is 2.33. The maximum absolute atomic E-state index is 14.4. The summed E-state index contributed by atoms with van der Waals surface area (Å²) < 4.78 is 44.8. The van der Waals surface area contributed by atoms with E-state index in [1.807, 2.05) is 12.1 Å². The van der Waals surface area contributed by atoms with E-state index >= 15 is 0 Å². The summed E-state index contributed by atoms with van der Waals surface area (Å²) in [6.07, 6.45) is 9.43. The van der Waals surface area contributed by atoms with E-state index in [0.29, 0.717) is 17.2 Å². The molecule has 3 saturated heterocycles. The number of fused-ring (bicyclic) bond motifs is 3. The van der Waals surface area contributed by atoms with Gasteiger partial charge in [0.15, 0.2) is 0 Å². The van der Waals surface area contributed by atoms with Crippen molar-refractivity contribution < 1.29 is 27.5 Å². The molecule has 3 aliphatic heterocycles. The minimum Gasteiger partial charge on any atom is -0.488 e. The Bertz CT molecular complexity index is 1600. The molecular formula is C33H40Cl2F2N4O4. The third-order valence-electron chi connectivity index (χ3n) is 9.48. The number of benzene rings is 2. The highest BCUT2D eigenvalue weighted by atomic mass is 35.5. The van der Waals surface area contributed by atoms with Gasteiger partial charge in [0.05, 0.1) is 17.2 Å². The van der Waals surface area contributed by atoms with Crippen molar-refractivity contribution >= 4 is 52.8 Å². The molecule has 1 amide bonds. The van der Waals surface area contributed by atoms with Crippen LogP contribution in [0, 0.1) is 17.6 Å². The maximum atomic E-state index is 14.4. The van der Waals surface area contributed by atoms with Gasteiger partial charge in [-0.05, 0) is 69.7 Å². The number of nitrogens with zero attached hydrogens (tertiary/aromatic N) is 2. The second-order valence-corrected chi connectivity index (χ2v) is 12.3. The van der Waals surface area contributed by atoms with Crippen molar-refractivity contribution in [3.05, 3.63) is 59.9 Å². The molecule has 8 nitrogen and oxygen atoms in total. The first-order valence-electron chi connectivity index (χ1n) is 15.5. The molecule has 12 heteroatoms.